The second-order valence-corrected chi connectivity index (χ2v) is 11.0. The molecule has 1 saturated carbocycles. The van der Waals surface area contributed by atoms with Crippen molar-refractivity contribution in [3.63, 3.8) is 0 Å². The first-order chi connectivity index (χ1) is 14.9. The molecule has 0 radical (unpaired) electrons. The number of aliphatic hydroxyl groups excluding tert-OH is 1. The van der Waals surface area contributed by atoms with E-state index in [1.165, 1.54) is 6.20 Å². The van der Waals surface area contributed by atoms with Gasteiger partial charge in [0.2, 0.25) is 0 Å². The number of hydrogen-bond acceptors (Lipinski definition) is 7. The highest BCUT2D eigenvalue weighted by atomic mass is 35.5. The number of likely N-dealkylation sites (tertiary alicyclic amines) is 1. The van der Waals surface area contributed by atoms with Gasteiger partial charge in [-0.25, -0.2) is 17.8 Å². The van der Waals surface area contributed by atoms with Crippen LogP contribution in [-0.2, 0) is 10.0 Å². The van der Waals surface area contributed by atoms with Gasteiger partial charge in [0, 0.05) is 29.7 Å². The van der Waals surface area contributed by atoms with Crippen molar-refractivity contribution in [2.45, 2.75) is 61.5 Å². The molecule has 3 N–H and O–H groups in total. The van der Waals surface area contributed by atoms with E-state index in [1.54, 1.807) is 5.38 Å². The van der Waals surface area contributed by atoms with E-state index < -0.39 is 20.7 Å². The van der Waals surface area contributed by atoms with Crippen LogP contribution < -0.4 is 10.0 Å². The van der Waals surface area contributed by atoms with Gasteiger partial charge in [0.1, 0.15) is 10.7 Å². The van der Waals surface area contributed by atoms with Crippen LogP contribution in [0, 0.1) is 5.82 Å². The molecule has 11 heteroatoms. The van der Waals surface area contributed by atoms with E-state index in [0.29, 0.717) is 5.69 Å². The molecule has 0 spiro atoms. The highest BCUT2D eigenvalue weighted by Gasteiger charge is 2.36. The number of benzene rings is 1. The Morgan fingerprint density at radius 2 is 2.06 bits per heavy atom. The minimum atomic E-state index is -4.15. The van der Waals surface area contributed by atoms with Crippen molar-refractivity contribution in [1.29, 1.82) is 0 Å². The Morgan fingerprint density at radius 3 is 2.81 bits per heavy atom. The Labute approximate surface area is 190 Å². The normalized spacial score (nSPS) is 24.9. The molecule has 0 bridgehead atoms. The summed E-state index contributed by atoms with van der Waals surface area (Å²) in [6.07, 6.45) is 7.56. The summed E-state index contributed by atoms with van der Waals surface area (Å²) in [7, 11) is -4.15. The van der Waals surface area contributed by atoms with Gasteiger partial charge < -0.3 is 10.4 Å². The lowest BCUT2D eigenvalue weighted by Gasteiger charge is -2.41. The van der Waals surface area contributed by atoms with E-state index in [1.807, 2.05) is 0 Å². The number of aromatic nitrogens is 1. The number of anilines is 2. The fourth-order valence-electron chi connectivity index (χ4n) is 4.66. The summed E-state index contributed by atoms with van der Waals surface area (Å²) >= 11 is 7.49. The Bertz CT molecular complexity index is 1010. The summed E-state index contributed by atoms with van der Waals surface area (Å²) in [4.78, 5) is 5.71. The number of thiazole rings is 1. The van der Waals surface area contributed by atoms with Gasteiger partial charge in [-0.3, -0.25) is 9.62 Å². The van der Waals surface area contributed by atoms with Crippen molar-refractivity contribution in [2.75, 3.05) is 23.2 Å². The van der Waals surface area contributed by atoms with Crippen molar-refractivity contribution < 1.29 is 17.9 Å². The fraction of sp³-hybridized carbons (Fsp3) is 0.550. The molecule has 1 aliphatic carbocycles. The van der Waals surface area contributed by atoms with Gasteiger partial charge in [-0.05, 0) is 44.4 Å². The number of nitrogens with one attached hydrogen (secondary N) is 2. The van der Waals surface area contributed by atoms with Crippen LogP contribution in [0.4, 0.5) is 15.2 Å². The van der Waals surface area contributed by atoms with Gasteiger partial charge in [-0.15, -0.1) is 11.3 Å². The Morgan fingerprint density at radius 1 is 1.26 bits per heavy atom. The monoisotopic (exact) mass is 488 g/mol. The zero-order chi connectivity index (χ0) is 22.0. The summed E-state index contributed by atoms with van der Waals surface area (Å²) in [6, 6.07) is 2.72. The second-order valence-electron chi connectivity index (χ2n) is 8.02. The van der Waals surface area contributed by atoms with Crippen molar-refractivity contribution >= 4 is 43.8 Å². The zero-order valence-corrected chi connectivity index (χ0v) is 19.3. The number of sulfonamides is 1. The molecular weight excluding hydrogens is 463 g/mol. The van der Waals surface area contributed by atoms with Gasteiger partial charge in [-0.2, -0.15) is 0 Å². The lowest BCUT2D eigenvalue weighted by Crippen LogP contribution is -2.51. The molecule has 2 aliphatic rings. The van der Waals surface area contributed by atoms with Crippen LogP contribution in [0.5, 0.6) is 0 Å². The predicted octanol–water partition coefficient (Wildman–Crippen LogP) is 3.92. The molecule has 0 amide bonds. The third kappa shape index (κ3) is 4.98. The minimum Gasteiger partial charge on any atom is -0.395 e. The molecule has 1 saturated heterocycles. The molecule has 1 aliphatic heterocycles. The van der Waals surface area contributed by atoms with E-state index in [-0.39, 0.29) is 34.9 Å². The smallest absolute Gasteiger partial charge is 0.266 e. The van der Waals surface area contributed by atoms with Crippen molar-refractivity contribution in [1.82, 2.24) is 9.88 Å². The first-order valence-electron chi connectivity index (χ1n) is 10.4. The first kappa shape index (κ1) is 22.7. The maximum absolute atomic E-state index is 14.8. The van der Waals surface area contributed by atoms with Crippen molar-refractivity contribution in [3.05, 3.63) is 34.5 Å². The second kappa shape index (κ2) is 9.58. The van der Waals surface area contributed by atoms with Gasteiger partial charge >= 0.3 is 0 Å². The molecule has 170 valence electrons. The molecule has 7 nitrogen and oxygen atoms in total. The predicted molar refractivity (Wildman–Crippen MR) is 121 cm³/mol. The molecular formula is C20H26ClFN4O3S2. The number of rotatable bonds is 7. The van der Waals surface area contributed by atoms with E-state index in [9.17, 15) is 17.9 Å². The maximum Gasteiger partial charge on any atom is 0.266 e. The van der Waals surface area contributed by atoms with E-state index in [4.69, 9.17) is 11.6 Å². The van der Waals surface area contributed by atoms with Crippen LogP contribution in [0.25, 0.3) is 0 Å². The van der Waals surface area contributed by atoms with Crippen LogP contribution in [0.15, 0.2) is 28.6 Å². The minimum absolute atomic E-state index is 0.0497. The zero-order valence-electron chi connectivity index (χ0n) is 16.9. The van der Waals surface area contributed by atoms with E-state index in [0.717, 1.165) is 68.5 Å². The van der Waals surface area contributed by atoms with Crippen LogP contribution in [0.3, 0.4) is 0 Å². The molecule has 0 unspecified atom stereocenters. The van der Waals surface area contributed by atoms with Crippen LogP contribution >= 0.6 is 22.9 Å². The van der Waals surface area contributed by atoms with Crippen LogP contribution in [0.1, 0.15) is 38.5 Å². The summed E-state index contributed by atoms with van der Waals surface area (Å²) < 4.78 is 42.3. The van der Waals surface area contributed by atoms with Crippen LogP contribution in [-0.4, -0.2) is 54.7 Å². The molecule has 2 aromatic rings. The average molecular weight is 489 g/mol. The van der Waals surface area contributed by atoms with Gasteiger partial charge in [0.05, 0.1) is 17.3 Å². The summed E-state index contributed by atoms with van der Waals surface area (Å²) in [5.41, 5.74) is 0.379. The lowest BCUT2D eigenvalue weighted by molar-refractivity contribution is 0.0910. The highest BCUT2D eigenvalue weighted by Crippen LogP contribution is 2.34. The third-order valence-corrected chi connectivity index (χ3v) is 8.58. The van der Waals surface area contributed by atoms with Crippen molar-refractivity contribution in [2.24, 2.45) is 0 Å². The van der Waals surface area contributed by atoms with Crippen LogP contribution in [0.2, 0.25) is 5.02 Å². The standard InChI is InChI=1S/C20H26ClFN4O3S2/c21-14-10-19(31(28,29)25-20-23-7-9-30-20)15(22)11-17(14)24-16-5-1-2-6-18(16)26-8-3-4-13(26)12-27/h7,9-11,13,16,18,24,27H,1-6,8,12H2,(H,23,25)/t13-,16+,18+/m1/s1. The van der Waals surface area contributed by atoms with Gasteiger partial charge in [0.25, 0.3) is 10.0 Å². The third-order valence-electron chi connectivity index (χ3n) is 6.09. The Kier molecular flexibility index (Phi) is 7.02. The quantitative estimate of drug-likeness (QED) is 0.547. The number of halogens is 2. The lowest BCUT2D eigenvalue weighted by atomic mass is 9.88. The van der Waals surface area contributed by atoms with Gasteiger partial charge in [0.15, 0.2) is 5.13 Å². The van der Waals surface area contributed by atoms with Gasteiger partial charge in [-0.1, -0.05) is 24.4 Å². The van der Waals surface area contributed by atoms with E-state index in [2.05, 4.69) is 19.9 Å². The SMILES string of the molecule is O=S(=O)(Nc1nccs1)c1cc(Cl)c(N[C@H]2CCCC[C@@H]2N2CCC[C@@H]2CO)cc1F. The Balaban J connectivity index is 1.55. The van der Waals surface area contributed by atoms with E-state index >= 15 is 0 Å². The molecule has 2 heterocycles. The van der Waals surface area contributed by atoms with Crippen molar-refractivity contribution in [3.8, 4) is 0 Å². The topological polar surface area (TPSA) is 94.6 Å². The molecule has 1 aromatic carbocycles. The highest BCUT2D eigenvalue weighted by molar-refractivity contribution is 7.93. The maximum atomic E-state index is 14.8. The number of hydrogen-bond donors (Lipinski definition) is 3. The molecule has 2 fully saturated rings. The summed E-state index contributed by atoms with van der Waals surface area (Å²) in [6.45, 7) is 1.08. The number of nitrogens with zero attached hydrogens (tertiary/aromatic N) is 2. The average Bonchev–Trinajstić information content (AvgIpc) is 3.42. The largest absolute Gasteiger partial charge is 0.395 e. The summed E-state index contributed by atoms with van der Waals surface area (Å²) in [5, 5.41) is 15.0. The molecule has 1 aromatic heterocycles. The Hall–Kier alpha value is -1.46. The molecule has 31 heavy (non-hydrogen) atoms. The molecule has 4 rings (SSSR count). The molecule has 3 atom stereocenters. The number of aliphatic hydroxyl groups is 1. The fourth-order valence-corrected chi connectivity index (χ4v) is 6.81. The first-order valence-corrected chi connectivity index (χ1v) is 13.2. The summed E-state index contributed by atoms with van der Waals surface area (Å²) in [5.74, 6) is -0.877.